The Morgan fingerprint density at radius 1 is 1.24 bits per heavy atom. The number of carbonyl (C=O) groups excluding carboxylic acids is 2. The Kier molecular flexibility index (Phi) is 3.17. The number of rotatable bonds is 3. The number of carbonyl (C=O) groups is 2. The number of hydrogen-bond donors (Lipinski definition) is 2. The number of amides is 2. The second kappa shape index (κ2) is 5.31. The molecule has 1 aromatic heterocycles. The lowest BCUT2D eigenvalue weighted by atomic mass is 9.74. The standard InChI is InChI=1S/C19H22N4O2/c24-17(14-4-1-3-13-9-20-22-16(13)14)21-15-5-2-8-19(15)10-23(11-19)18(25)12-6-7-12/h1,3-4,9,12,15H,2,5-8,10-11H2,(H,20,22)(H,21,24). The second-order valence-electron chi connectivity index (χ2n) is 7.89. The van der Waals surface area contributed by atoms with Crippen molar-refractivity contribution in [2.24, 2.45) is 11.3 Å². The van der Waals surface area contributed by atoms with Gasteiger partial charge in [-0.3, -0.25) is 14.7 Å². The lowest BCUT2D eigenvalue weighted by Crippen LogP contribution is -2.65. The molecule has 1 saturated heterocycles. The Morgan fingerprint density at radius 3 is 2.88 bits per heavy atom. The fraction of sp³-hybridized carbons (Fsp3) is 0.526. The van der Waals surface area contributed by atoms with Crippen LogP contribution in [0.3, 0.4) is 0 Å². The van der Waals surface area contributed by atoms with Crippen LogP contribution in [-0.2, 0) is 4.79 Å². The molecule has 3 fully saturated rings. The molecule has 2 heterocycles. The Labute approximate surface area is 146 Å². The molecule has 2 aromatic rings. The van der Waals surface area contributed by atoms with Crippen molar-refractivity contribution < 1.29 is 9.59 Å². The molecule has 2 amide bonds. The molecule has 6 heteroatoms. The summed E-state index contributed by atoms with van der Waals surface area (Å²) in [6, 6.07) is 5.82. The van der Waals surface area contributed by atoms with Gasteiger partial charge in [-0.25, -0.2) is 0 Å². The van der Waals surface area contributed by atoms with Crippen LogP contribution in [-0.4, -0.2) is 46.0 Å². The van der Waals surface area contributed by atoms with Crippen molar-refractivity contribution in [1.29, 1.82) is 0 Å². The van der Waals surface area contributed by atoms with Crippen molar-refractivity contribution >= 4 is 22.7 Å². The summed E-state index contributed by atoms with van der Waals surface area (Å²) in [5.41, 5.74) is 1.51. The average molecular weight is 338 g/mol. The van der Waals surface area contributed by atoms with Crippen molar-refractivity contribution in [2.45, 2.75) is 38.1 Å². The van der Waals surface area contributed by atoms with Gasteiger partial charge in [0.2, 0.25) is 5.91 Å². The minimum absolute atomic E-state index is 0.0481. The Hall–Kier alpha value is -2.37. The quantitative estimate of drug-likeness (QED) is 0.899. The van der Waals surface area contributed by atoms with E-state index in [1.165, 1.54) is 0 Å². The van der Waals surface area contributed by atoms with Crippen LogP contribution in [0, 0.1) is 11.3 Å². The normalized spacial score (nSPS) is 24.5. The van der Waals surface area contributed by atoms with Crippen LogP contribution in [0.15, 0.2) is 24.4 Å². The van der Waals surface area contributed by atoms with Gasteiger partial charge in [-0.05, 0) is 31.7 Å². The number of fused-ring (bicyclic) bond motifs is 1. The lowest BCUT2D eigenvalue weighted by molar-refractivity contribution is -0.145. The first-order valence-electron chi connectivity index (χ1n) is 9.18. The van der Waals surface area contributed by atoms with E-state index in [1.54, 1.807) is 6.20 Å². The van der Waals surface area contributed by atoms with Gasteiger partial charge in [-0.2, -0.15) is 5.10 Å². The molecule has 6 nitrogen and oxygen atoms in total. The van der Waals surface area contributed by atoms with Crippen LogP contribution < -0.4 is 5.32 Å². The summed E-state index contributed by atoms with van der Waals surface area (Å²) in [7, 11) is 0. The summed E-state index contributed by atoms with van der Waals surface area (Å²) in [4.78, 5) is 27.1. The molecule has 1 aliphatic heterocycles. The zero-order valence-corrected chi connectivity index (χ0v) is 14.1. The highest BCUT2D eigenvalue weighted by Crippen LogP contribution is 2.47. The summed E-state index contributed by atoms with van der Waals surface area (Å²) in [6.07, 6.45) is 7.05. The summed E-state index contributed by atoms with van der Waals surface area (Å²) in [5, 5.41) is 11.1. The number of likely N-dealkylation sites (tertiary alicyclic amines) is 1. The van der Waals surface area contributed by atoms with Crippen LogP contribution in [0.4, 0.5) is 0 Å². The van der Waals surface area contributed by atoms with Gasteiger partial charge in [-0.1, -0.05) is 18.6 Å². The van der Waals surface area contributed by atoms with Crippen LogP contribution in [0.1, 0.15) is 42.5 Å². The van der Waals surface area contributed by atoms with E-state index < -0.39 is 0 Å². The third-order valence-corrected chi connectivity index (χ3v) is 6.18. The fourth-order valence-corrected chi connectivity index (χ4v) is 4.59. The first-order valence-corrected chi connectivity index (χ1v) is 9.18. The molecule has 1 unspecified atom stereocenters. The van der Waals surface area contributed by atoms with Crippen molar-refractivity contribution in [2.75, 3.05) is 13.1 Å². The molecule has 0 bridgehead atoms. The summed E-state index contributed by atoms with van der Waals surface area (Å²) >= 11 is 0. The van der Waals surface area contributed by atoms with E-state index in [1.807, 2.05) is 23.1 Å². The van der Waals surface area contributed by atoms with E-state index in [0.717, 1.165) is 56.1 Å². The number of aromatic nitrogens is 2. The molecule has 2 aliphatic carbocycles. The first-order chi connectivity index (χ1) is 12.2. The lowest BCUT2D eigenvalue weighted by Gasteiger charge is -2.51. The molecule has 2 N–H and O–H groups in total. The van der Waals surface area contributed by atoms with Crippen LogP contribution in [0.2, 0.25) is 0 Å². The topological polar surface area (TPSA) is 78.1 Å². The number of nitrogens with one attached hydrogen (secondary N) is 2. The summed E-state index contributed by atoms with van der Waals surface area (Å²) in [6.45, 7) is 1.61. The van der Waals surface area contributed by atoms with Gasteiger partial charge in [0.05, 0.1) is 17.3 Å². The van der Waals surface area contributed by atoms with E-state index in [-0.39, 0.29) is 23.3 Å². The van der Waals surface area contributed by atoms with E-state index in [0.29, 0.717) is 11.5 Å². The van der Waals surface area contributed by atoms with Crippen LogP contribution in [0.25, 0.3) is 10.9 Å². The van der Waals surface area contributed by atoms with Gasteiger partial charge >= 0.3 is 0 Å². The zero-order chi connectivity index (χ0) is 17.0. The summed E-state index contributed by atoms with van der Waals surface area (Å²) in [5.74, 6) is 0.558. The second-order valence-corrected chi connectivity index (χ2v) is 7.89. The smallest absolute Gasteiger partial charge is 0.253 e. The molecular formula is C19H22N4O2. The minimum Gasteiger partial charge on any atom is -0.349 e. The highest BCUT2D eigenvalue weighted by atomic mass is 16.2. The molecule has 1 aromatic carbocycles. The monoisotopic (exact) mass is 338 g/mol. The van der Waals surface area contributed by atoms with Gasteiger partial charge in [0.25, 0.3) is 5.91 Å². The highest BCUT2D eigenvalue weighted by Gasteiger charge is 2.54. The first kappa shape index (κ1) is 14.9. The number of benzene rings is 1. The number of H-pyrrole nitrogens is 1. The van der Waals surface area contributed by atoms with Crippen LogP contribution >= 0.6 is 0 Å². The van der Waals surface area contributed by atoms with Crippen molar-refractivity contribution in [1.82, 2.24) is 20.4 Å². The van der Waals surface area contributed by atoms with Gasteiger partial charge < -0.3 is 10.2 Å². The van der Waals surface area contributed by atoms with Gasteiger partial charge in [0.15, 0.2) is 0 Å². The number of para-hydroxylation sites is 1. The fourth-order valence-electron chi connectivity index (χ4n) is 4.59. The maximum Gasteiger partial charge on any atom is 0.253 e. The largest absolute Gasteiger partial charge is 0.349 e. The van der Waals surface area contributed by atoms with Gasteiger partial charge in [-0.15, -0.1) is 0 Å². The highest BCUT2D eigenvalue weighted by molar-refractivity contribution is 6.05. The SMILES string of the molecule is O=C(NC1CCCC12CN(C(=O)C1CC1)C2)c1cccc2cn[nH]c12. The van der Waals surface area contributed by atoms with Crippen molar-refractivity contribution in [3.05, 3.63) is 30.0 Å². The van der Waals surface area contributed by atoms with Gasteiger partial charge in [0.1, 0.15) is 0 Å². The predicted octanol–water partition coefficient (Wildman–Crippen LogP) is 2.08. The Morgan fingerprint density at radius 2 is 2.08 bits per heavy atom. The number of aromatic amines is 1. The third-order valence-electron chi connectivity index (χ3n) is 6.18. The minimum atomic E-state index is -0.0481. The molecule has 1 atom stereocenters. The van der Waals surface area contributed by atoms with Crippen molar-refractivity contribution in [3.63, 3.8) is 0 Å². The third kappa shape index (κ3) is 2.34. The molecule has 0 radical (unpaired) electrons. The number of hydrogen-bond acceptors (Lipinski definition) is 3. The molecule has 2 saturated carbocycles. The number of nitrogens with zero attached hydrogens (tertiary/aromatic N) is 2. The summed E-state index contributed by atoms with van der Waals surface area (Å²) < 4.78 is 0. The molecule has 5 rings (SSSR count). The maximum atomic E-state index is 12.8. The maximum absolute atomic E-state index is 12.8. The van der Waals surface area contributed by atoms with E-state index >= 15 is 0 Å². The molecule has 130 valence electrons. The van der Waals surface area contributed by atoms with Crippen molar-refractivity contribution in [3.8, 4) is 0 Å². The average Bonchev–Trinajstić information content (AvgIpc) is 3.17. The Balaban J connectivity index is 1.31. The van der Waals surface area contributed by atoms with E-state index in [2.05, 4.69) is 15.5 Å². The predicted molar refractivity (Wildman–Crippen MR) is 92.9 cm³/mol. The van der Waals surface area contributed by atoms with E-state index in [4.69, 9.17) is 0 Å². The molecule has 25 heavy (non-hydrogen) atoms. The molecule has 3 aliphatic rings. The molecule has 1 spiro atoms. The Bertz CT molecular complexity index is 848. The van der Waals surface area contributed by atoms with E-state index in [9.17, 15) is 9.59 Å². The molecular weight excluding hydrogens is 316 g/mol. The van der Waals surface area contributed by atoms with Crippen LogP contribution in [0.5, 0.6) is 0 Å². The zero-order valence-electron chi connectivity index (χ0n) is 14.1. The van der Waals surface area contributed by atoms with Gasteiger partial charge in [0, 0.05) is 35.9 Å².